The van der Waals surface area contributed by atoms with Crippen molar-refractivity contribution < 1.29 is 0 Å². The summed E-state index contributed by atoms with van der Waals surface area (Å²) < 4.78 is 1.91. The highest BCUT2D eigenvalue weighted by Crippen LogP contribution is 2.30. The van der Waals surface area contributed by atoms with Crippen molar-refractivity contribution in [3.63, 3.8) is 0 Å². The Morgan fingerprint density at radius 1 is 1.00 bits per heavy atom. The topological polar surface area (TPSA) is 85.2 Å². The van der Waals surface area contributed by atoms with Crippen molar-refractivity contribution in [3.05, 3.63) is 65.7 Å². The molecule has 2 aromatic heterocycles. The maximum Gasteiger partial charge on any atom is 0.180 e. The van der Waals surface area contributed by atoms with Gasteiger partial charge in [-0.1, -0.05) is 75.2 Å². The molecule has 156 valence electrons. The molecule has 31 heavy (non-hydrogen) atoms. The van der Waals surface area contributed by atoms with Crippen molar-refractivity contribution in [2.24, 2.45) is 0 Å². The Morgan fingerprint density at radius 2 is 1.74 bits per heavy atom. The van der Waals surface area contributed by atoms with E-state index in [9.17, 15) is 0 Å². The maximum absolute atomic E-state index is 4.82. The van der Waals surface area contributed by atoms with Crippen molar-refractivity contribution in [2.45, 2.75) is 46.1 Å². The predicted molar refractivity (Wildman–Crippen MR) is 120 cm³/mol. The highest BCUT2D eigenvalue weighted by molar-refractivity contribution is 5.80. The van der Waals surface area contributed by atoms with Gasteiger partial charge in [0.1, 0.15) is 12.4 Å². The number of hydrogen-bond acceptors (Lipinski definition) is 5. The van der Waals surface area contributed by atoms with E-state index in [0.29, 0.717) is 18.8 Å². The Hall–Kier alpha value is -3.79. The van der Waals surface area contributed by atoms with Crippen LogP contribution in [0.25, 0.3) is 22.5 Å². The van der Waals surface area contributed by atoms with E-state index in [2.05, 4.69) is 83.6 Å². The van der Waals surface area contributed by atoms with Crippen molar-refractivity contribution in [3.8, 4) is 34.4 Å². The summed E-state index contributed by atoms with van der Waals surface area (Å²) in [4.78, 5) is 4.82. The molecule has 4 aromatic rings. The third-order valence-electron chi connectivity index (χ3n) is 4.98. The van der Waals surface area contributed by atoms with Crippen LogP contribution in [0.2, 0.25) is 0 Å². The number of nitrogens with zero attached hydrogens (tertiary/aromatic N) is 6. The van der Waals surface area contributed by atoms with Gasteiger partial charge in [0.05, 0.1) is 0 Å². The lowest BCUT2D eigenvalue weighted by molar-refractivity contribution is 0.535. The van der Waals surface area contributed by atoms with Crippen LogP contribution in [-0.2, 0) is 18.4 Å². The fourth-order valence-electron chi connectivity index (χ4n) is 3.30. The Morgan fingerprint density at radius 3 is 2.39 bits per heavy atom. The molecule has 1 N–H and O–H groups in total. The summed E-state index contributed by atoms with van der Waals surface area (Å²) in [5.74, 6) is 8.46. The second-order valence-corrected chi connectivity index (χ2v) is 8.36. The molecule has 0 aliphatic heterocycles. The van der Waals surface area contributed by atoms with Gasteiger partial charge in [-0.15, -0.1) is 11.0 Å². The molecule has 7 nitrogen and oxygen atoms in total. The molecule has 0 fully saturated rings. The maximum atomic E-state index is 4.82. The largest absolute Gasteiger partial charge is 0.239 e. The number of aromatic nitrogens is 7. The fourth-order valence-corrected chi connectivity index (χ4v) is 3.30. The Balaban J connectivity index is 1.62. The van der Waals surface area contributed by atoms with E-state index < -0.39 is 0 Å². The standard InChI is InChI=1S/C24H25N7/c1-5-6-15-31-21(25-23(28-31)24(2,3)4)16-17-11-13-18(14-12-17)19-9-7-8-10-20(19)22-26-29-30-27-22/h7-14H,15-16H2,1-4H3,(H,26,27,29,30). The van der Waals surface area contributed by atoms with Crippen LogP contribution in [0.1, 0.15) is 44.9 Å². The molecule has 7 heteroatoms. The first kappa shape index (κ1) is 20.5. The number of benzene rings is 2. The number of tetrazole rings is 1. The summed E-state index contributed by atoms with van der Waals surface area (Å²) >= 11 is 0. The molecule has 0 amide bonds. The zero-order valence-electron chi connectivity index (χ0n) is 18.2. The molecule has 2 aromatic carbocycles. The minimum absolute atomic E-state index is 0.108. The van der Waals surface area contributed by atoms with Gasteiger partial charge in [0.2, 0.25) is 0 Å². The molecule has 0 bridgehead atoms. The monoisotopic (exact) mass is 411 g/mol. The smallest absolute Gasteiger partial charge is 0.180 e. The van der Waals surface area contributed by atoms with Gasteiger partial charge >= 0.3 is 0 Å². The average Bonchev–Trinajstić information content (AvgIpc) is 3.43. The summed E-state index contributed by atoms with van der Waals surface area (Å²) in [6.07, 6.45) is 0.697. The lowest BCUT2D eigenvalue weighted by atomic mass is 9.96. The highest BCUT2D eigenvalue weighted by atomic mass is 15.5. The molecule has 2 heterocycles. The van der Waals surface area contributed by atoms with E-state index in [4.69, 9.17) is 10.1 Å². The average molecular weight is 412 g/mol. The fraction of sp³-hybridized carbons (Fsp3) is 0.292. The van der Waals surface area contributed by atoms with Crippen molar-refractivity contribution >= 4 is 0 Å². The summed E-state index contributed by atoms with van der Waals surface area (Å²) in [5.41, 5.74) is 4.20. The van der Waals surface area contributed by atoms with E-state index in [0.717, 1.165) is 28.3 Å². The van der Waals surface area contributed by atoms with E-state index in [1.165, 1.54) is 5.56 Å². The van der Waals surface area contributed by atoms with E-state index in [-0.39, 0.29) is 5.41 Å². The lowest BCUT2D eigenvalue weighted by Gasteiger charge is -2.12. The van der Waals surface area contributed by atoms with E-state index >= 15 is 0 Å². The minimum Gasteiger partial charge on any atom is -0.239 e. The number of aromatic amines is 1. The first-order chi connectivity index (χ1) is 15.0. The Labute approximate surface area is 181 Å². The van der Waals surface area contributed by atoms with E-state index in [1.54, 1.807) is 0 Å². The van der Waals surface area contributed by atoms with Gasteiger partial charge < -0.3 is 0 Å². The third kappa shape index (κ3) is 4.53. The Kier molecular flexibility index (Phi) is 5.63. The normalized spacial score (nSPS) is 11.2. The van der Waals surface area contributed by atoms with Gasteiger partial charge in [-0.2, -0.15) is 5.10 Å². The molecule has 0 atom stereocenters. The predicted octanol–water partition coefficient (Wildman–Crippen LogP) is 4.04. The van der Waals surface area contributed by atoms with Crippen LogP contribution in [0.3, 0.4) is 0 Å². The van der Waals surface area contributed by atoms with Gasteiger partial charge in [0.25, 0.3) is 0 Å². The zero-order valence-corrected chi connectivity index (χ0v) is 18.2. The summed E-state index contributed by atoms with van der Waals surface area (Å²) in [5, 5.41) is 19.0. The minimum atomic E-state index is -0.108. The highest BCUT2D eigenvalue weighted by Gasteiger charge is 2.21. The van der Waals surface area contributed by atoms with Crippen LogP contribution < -0.4 is 0 Å². The van der Waals surface area contributed by atoms with Gasteiger partial charge in [0.15, 0.2) is 11.6 Å². The molecule has 0 aliphatic carbocycles. The van der Waals surface area contributed by atoms with Crippen LogP contribution >= 0.6 is 0 Å². The zero-order chi connectivity index (χ0) is 21.8. The van der Waals surface area contributed by atoms with Gasteiger partial charge in [-0.25, -0.2) is 14.8 Å². The van der Waals surface area contributed by atoms with Gasteiger partial charge in [0, 0.05) is 17.4 Å². The van der Waals surface area contributed by atoms with Gasteiger partial charge in [-0.05, 0) is 34.0 Å². The number of nitrogens with one attached hydrogen (secondary N) is 1. The van der Waals surface area contributed by atoms with Crippen LogP contribution in [0.15, 0.2) is 48.5 Å². The lowest BCUT2D eigenvalue weighted by Crippen LogP contribution is -2.14. The SMILES string of the molecule is CC#CCn1nc(C(C)(C)C)nc1Cc1ccc(-c2ccccc2-c2nnn[nH]2)cc1. The van der Waals surface area contributed by atoms with Crippen LogP contribution in [0.5, 0.6) is 0 Å². The Bertz CT molecular complexity index is 1220. The summed E-state index contributed by atoms with van der Waals surface area (Å²) in [6, 6.07) is 16.6. The molecule has 0 aliphatic rings. The quantitative estimate of drug-likeness (QED) is 0.501. The third-order valence-corrected chi connectivity index (χ3v) is 4.98. The first-order valence-corrected chi connectivity index (χ1v) is 10.2. The van der Waals surface area contributed by atoms with Crippen LogP contribution in [-0.4, -0.2) is 35.4 Å². The molecule has 0 unspecified atom stereocenters. The van der Waals surface area contributed by atoms with Crippen LogP contribution in [0.4, 0.5) is 0 Å². The molecular formula is C24H25N7. The summed E-state index contributed by atoms with van der Waals surface area (Å²) in [7, 11) is 0. The molecular weight excluding hydrogens is 386 g/mol. The van der Waals surface area contributed by atoms with E-state index in [1.807, 2.05) is 29.8 Å². The van der Waals surface area contributed by atoms with Gasteiger partial charge in [-0.3, -0.25) is 0 Å². The second-order valence-electron chi connectivity index (χ2n) is 8.36. The van der Waals surface area contributed by atoms with Crippen molar-refractivity contribution in [1.82, 2.24) is 35.4 Å². The van der Waals surface area contributed by atoms with Crippen molar-refractivity contribution in [2.75, 3.05) is 0 Å². The molecule has 4 rings (SSSR count). The summed E-state index contributed by atoms with van der Waals surface area (Å²) in [6.45, 7) is 8.76. The number of rotatable bonds is 5. The number of H-pyrrole nitrogens is 1. The first-order valence-electron chi connectivity index (χ1n) is 10.2. The van der Waals surface area contributed by atoms with Crippen molar-refractivity contribution in [1.29, 1.82) is 0 Å². The number of hydrogen-bond donors (Lipinski definition) is 1. The molecule has 0 saturated heterocycles. The molecule has 0 radical (unpaired) electrons. The molecule has 0 saturated carbocycles. The second kappa shape index (κ2) is 8.52. The van der Waals surface area contributed by atoms with Crippen LogP contribution in [0, 0.1) is 11.8 Å². The molecule has 0 spiro atoms.